The average Bonchev–Trinajstić information content (AvgIpc) is 3.80. The number of aliphatic hydroxyl groups is 2. The van der Waals surface area contributed by atoms with E-state index in [1.165, 1.54) is 44.1 Å². The second-order valence-corrected chi connectivity index (χ2v) is 20.1. The number of thiophene rings is 2. The lowest BCUT2D eigenvalue weighted by molar-refractivity contribution is -0.130. The van der Waals surface area contributed by atoms with Crippen LogP contribution < -0.4 is 9.80 Å². The third-order valence-electron chi connectivity index (χ3n) is 11.2. The molecule has 4 fully saturated rings. The van der Waals surface area contributed by atoms with Gasteiger partial charge >= 0.3 is 11.9 Å². The van der Waals surface area contributed by atoms with Gasteiger partial charge in [0.25, 0.3) is 11.8 Å². The topological polar surface area (TPSA) is 145 Å². The van der Waals surface area contributed by atoms with E-state index in [4.69, 9.17) is 4.74 Å². The van der Waals surface area contributed by atoms with Crippen molar-refractivity contribution in [2.75, 3.05) is 16.9 Å². The molecule has 6 rings (SSSR count). The summed E-state index contributed by atoms with van der Waals surface area (Å²) in [7, 11) is 1.35. The van der Waals surface area contributed by atoms with Crippen LogP contribution in [-0.4, -0.2) is 70.5 Å². The third-order valence-corrected chi connectivity index (χ3v) is 13.2. The zero-order chi connectivity index (χ0) is 41.7. The Bertz CT molecular complexity index is 1900. The van der Waals surface area contributed by atoms with Crippen molar-refractivity contribution in [3.8, 4) is 23.7 Å². The van der Waals surface area contributed by atoms with Gasteiger partial charge in [0, 0.05) is 22.9 Å². The molecule has 0 spiro atoms. The molecule has 4 aliphatic rings. The SMILES string of the molecule is CC(C)(C)C#Cc1cc(N2C(=O)[C@@H](O)CC[C@H]2C2CCCCC2)c(C(=O)O)s1.COC(=O)c1sc(C#CC(C)(C)C)cc1N1C(=O)[C@@H](O)CC[C@H]1C1CCCCC1. The van der Waals surface area contributed by atoms with Crippen molar-refractivity contribution in [1.82, 2.24) is 0 Å². The number of nitrogens with zero attached hydrogens (tertiary/aromatic N) is 2. The highest BCUT2D eigenvalue weighted by Crippen LogP contribution is 2.42. The van der Waals surface area contributed by atoms with Gasteiger partial charge in [-0.05, 0) is 117 Å². The number of anilines is 2. The molecule has 4 heterocycles. The maximum Gasteiger partial charge on any atom is 0.350 e. The van der Waals surface area contributed by atoms with Gasteiger partial charge in [-0.3, -0.25) is 9.59 Å². The first-order valence-corrected chi connectivity index (χ1v) is 22.2. The van der Waals surface area contributed by atoms with Crippen LogP contribution in [-0.2, 0) is 14.3 Å². The predicted octanol–water partition coefficient (Wildman–Crippen LogP) is 8.65. The first-order chi connectivity index (χ1) is 26.9. The first kappa shape index (κ1) is 44.4. The predicted molar refractivity (Wildman–Crippen MR) is 226 cm³/mol. The second-order valence-electron chi connectivity index (χ2n) is 18.0. The van der Waals surface area contributed by atoms with E-state index in [1.54, 1.807) is 15.9 Å². The summed E-state index contributed by atoms with van der Waals surface area (Å²) in [5, 5.41) is 30.3. The molecule has 2 aliphatic carbocycles. The Kier molecular flexibility index (Phi) is 14.8. The van der Waals surface area contributed by atoms with E-state index in [0.29, 0.717) is 52.2 Å². The molecule has 2 saturated heterocycles. The summed E-state index contributed by atoms with van der Waals surface area (Å²) in [5.74, 6) is 11.1. The largest absolute Gasteiger partial charge is 0.477 e. The van der Waals surface area contributed by atoms with E-state index in [-0.39, 0.29) is 39.6 Å². The van der Waals surface area contributed by atoms with Crippen molar-refractivity contribution >= 4 is 57.8 Å². The van der Waals surface area contributed by atoms with Crippen LogP contribution in [0, 0.1) is 46.3 Å². The number of hydrogen-bond donors (Lipinski definition) is 3. The Morgan fingerprint density at radius 3 is 1.40 bits per heavy atom. The van der Waals surface area contributed by atoms with Crippen LogP contribution in [0.4, 0.5) is 11.4 Å². The van der Waals surface area contributed by atoms with Crippen molar-refractivity contribution in [1.29, 1.82) is 0 Å². The maximum absolute atomic E-state index is 13.1. The van der Waals surface area contributed by atoms with Gasteiger partial charge in [0.15, 0.2) is 0 Å². The highest BCUT2D eigenvalue weighted by molar-refractivity contribution is 7.15. The number of ether oxygens (including phenoxy) is 1. The van der Waals surface area contributed by atoms with Gasteiger partial charge in [-0.15, -0.1) is 22.7 Å². The normalized spacial score (nSPS) is 23.7. The van der Waals surface area contributed by atoms with E-state index in [2.05, 4.69) is 23.7 Å². The average molecular weight is 821 g/mol. The van der Waals surface area contributed by atoms with Gasteiger partial charge in [-0.25, -0.2) is 9.59 Å². The molecule has 57 heavy (non-hydrogen) atoms. The molecule has 0 bridgehead atoms. The summed E-state index contributed by atoms with van der Waals surface area (Å²) < 4.78 is 4.99. The number of carboxylic acid groups (broad SMARTS) is 1. The summed E-state index contributed by atoms with van der Waals surface area (Å²) >= 11 is 2.36. The zero-order valence-electron chi connectivity index (χ0n) is 34.6. The Hall–Kier alpha value is -3.68. The number of aliphatic hydroxyl groups excluding tert-OH is 2. The van der Waals surface area contributed by atoms with Gasteiger partial charge in [0.1, 0.15) is 22.0 Å². The van der Waals surface area contributed by atoms with Crippen LogP contribution in [0.5, 0.6) is 0 Å². The number of esters is 1. The molecule has 3 N–H and O–H groups in total. The molecule has 0 radical (unpaired) electrons. The van der Waals surface area contributed by atoms with Crippen LogP contribution in [0.15, 0.2) is 12.1 Å². The molecule has 4 atom stereocenters. The van der Waals surface area contributed by atoms with Crippen LogP contribution in [0.25, 0.3) is 0 Å². The van der Waals surface area contributed by atoms with Crippen molar-refractivity contribution in [2.24, 2.45) is 22.7 Å². The minimum Gasteiger partial charge on any atom is -0.477 e. The molecule has 0 aromatic carbocycles. The van der Waals surface area contributed by atoms with E-state index in [9.17, 15) is 34.5 Å². The van der Waals surface area contributed by atoms with Gasteiger partial charge < -0.3 is 29.9 Å². The van der Waals surface area contributed by atoms with Gasteiger partial charge in [-0.1, -0.05) is 62.2 Å². The quantitative estimate of drug-likeness (QED) is 0.194. The van der Waals surface area contributed by atoms with Crippen LogP contribution in [0.3, 0.4) is 0 Å². The van der Waals surface area contributed by atoms with Crippen molar-refractivity contribution < 1.29 is 39.2 Å². The number of rotatable bonds is 6. The Labute approximate surface area is 346 Å². The number of carboxylic acids is 1. The number of carbonyl (C=O) groups excluding carboxylic acids is 3. The Morgan fingerprint density at radius 1 is 0.649 bits per heavy atom. The standard InChI is InChI=1S/C23H31NO4S.C22H29NO4S/c1-23(2,3)13-12-16-14-18(20(29-16)22(27)28-4)24-17(10-11-19(25)21(24)26)15-8-6-5-7-9-15;1-22(2,3)12-11-15-13-17(19(28-15)21(26)27)23-16(9-10-18(24)20(23)25)14-7-5-4-6-8-14/h14-15,17,19,25H,5-11H2,1-4H3;13-14,16,18,24H,4-10H2,1-3H3,(H,26,27)/t17-,19-;16-,18-/m00/s1. The lowest BCUT2D eigenvalue weighted by atomic mass is 9.79. The number of carbonyl (C=O) groups is 4. The summed E-state index contributed by atoms with van der Waals surface area (Å²) in [4.78, 5) is 55.6. The lowest BCUT2D eigenvalue weighted by Crippen LogP contribution is -2.54. The highest BCUT2D eigenvalue weighted by Gasteiger charge is 2.43. The first-order valence-electron chi connectivity index (χ1n) is 20.6. The summed E-state index contributed by atoms with van der Waals surface area (Å²) in [5.41, 5.74) is 0.571. The lowest BCUT2D eigenvalue weighted by Gasteiger charge is -2.43. The molecule has 0 unspecified atom stereocenters. The molecule has 2 aromatic heterocycles. The Balaban J connectivity index is 0.000000218. The van der Waals surface area contributed by atoms with E-state index < -0.39 is 24.1 Å². The van der Waals surface area contributed by atoms with E-state index >= 15 is 0 Å². The minimum absolute atomic E-state index is 0.00707. The molecular formula is C45H60N2O8S2. The number of amides is 2. The van der Waals surface area contributed by atoms with Crippen LogP contribution >= 0.6 is 22.7 Å². The van der Waals surface area contributed by atoms with Gasteiger partial charge in [0.2, 0.25) is 0 Å². The molecule has 2 aromatic rings. The minimum atomic E-state index is -1.06. The number of piperidine rings is 2. The van der Waals surface area contributed by atoms with Crippen LogP contribution in [0.1, 0.15) is 161 Å². The molecule has 2 saturated carbocycles. The molecular weight excluding hydrogens is 761 g/mol. The molecule has 2 amide bonds. The number of methoxy groups -OCH3 is 1. The summed E-state index contributed by atoms with van der Waals surface area (Å²) in [6.45, 7) is 12.1. The fraction of sp³-hybridized carbons (Fsp3) is 0.644. The summed E-state index contributed by atoms with van der Waals surface area (Å²) in [6.07, 6.45) is 11.6. The van der Waals surface area contributed by atoms with Crippen LogP contribution in [0.2, 0.25) is 0 Å². The maximum atomic E-state index is 13.1. The second kappa shape index (κ2) is 18.9. The van der Waals surface area contributed by atoms with Gasteiger partial charge in [-0.2, -0.15) is 0 Å². The van der Waals surface area contributed by atoms with Crippen molar-refractivity contribution in [3.63, 3.8) is 0 Å². The monoisotopic (exact) mass is 820 g/mol. The number of aromatic carboxylic acids is 1. The third kappa shape index (κ3) is 11.3. The van der Waals surface area contributed by atoms with Crippen molar-refractivity contribution in [3.05, 3.63) is 31.6 Å². The fourth-order valence-electron chi connectivity index (χ4n) is 8.47. The van der Waals surface area contributed by atoms with Gasteiger partial charge in [0.05, 0.1) is 28.2 Å². The smallest absolute Gasteiger partial charge is 0.350 e. The molecule has 310 valence electrons. The fourth-order valence-corrected chi connectivity index (χ4v) is 10.2. The molecule has 12 heteroatoms. The van der Waals surface area contributed by atoms with Crippen molar-refractivity contribution in [2.45, 2.75) is 156 Å². The molecule has 10 nitrogen and oxygen atoms in total. The van der Waals surface area contributed by atoms with E-state index in [0.717, 1.165) is 61.2 Å². The van der Waals surface area contributed by atoms with E-state index in [1.807, 2.05) is 47.6 Å². The highest BCUT2D eigenvalue weighted by atomic mass is 32.1. The number of hydrogen-bond acceptors (Lipinski definition) is 9. The Morgan fingerprint density at radius 2 is 1.04 bits per heavy atom. The summed E-state index contributed by atoms with van der Waals surface area (Å²) in [6, 6.07) is 3.50. The molecule has 2 aliphatic heterocycles. The zero-order valence-corrected chi connectivity index (χ0v) is 36.2.